The first-order valence-electron chi connectivity index (χ1n) is 2.88. The van der Waals surface area contributed by atoms with Crippen molar-refractivity contribution in [1.29, 1.82) is 0 Å². The molecule has 1 unspecified atom stereocenters. The molecule has 0 aromatic carbocycles. The molecule has 0 spiro atoms. The van der Waals surface area contributed by atoms with Gasteiger partial charge in [-0.15, -0.1) is 12.4 Å². The second kappa shape index (κ2) is 4.15. The van der Waals surface area contributed by atoms with Crippen LogP contribution in [0.2, 0.25) is 0 Å². The lowest BCUT2D eigenvalue weighted by Gasteiger charge is -1.98. The van der Waals surface area contributed by atoms with Gasteiger partial charge in [-0.25, -0.2) is 4.79 Å². The SMILES string of the molecule is Cl.NCC1=NOC(C(=O)O)C1. The Balaban J connectivity index is 0.000001000. The van der Waals surface area contributed by atoms with Crippen molar-refractivity contribution in [3.63, 3.8) is 0 Å². The molecule has 1 aliphatic rings. The Morgan fingerprint density at radius 1 is 1.91 bits per heavy atom. The Kier molecular flexibility index (Phi) is 3.84. The molecule has 1 heterocycles. The number of nitrogens with two attached hydrogens (primary N) is 1. The lowest BCUT2D eigenvalue weighted by molar-refractivity contribution is -0.148. The van der Waals surface area contributed by atoms with Crippen LogP contribution < -0.4 is 5.73 Å². The minimum Gasteiger partial charge on any atom is -0.478 e. The maximum atomic E-state index is 10.2. The number of oxime groups is 1. The third-order valence-corrected chi connectivity index (χ3v) is 1.24. The first-order valence-corrected chi connectivity index (χ1v) is 2.88. The van der Waals surface area contributed by atoms with Crippen LogP contribution in [0.15, 0.2) is 5.16 Å². The zero-order valence-electron chi connectivity index (χ0n) is 5.69. The van der Waals surface area contributed by atoms with Crippen molar-refractivity contribution in [1.82, 2.24) is 0 Å². The standard InChI is InChI=1S/C5H8N2O3.ClH/c6-2-3-1-4(5(8)9)10-7-3;/h4H,1-2,6H2,(H,8,9);1H. The summed E-state index contributed by atoms with van der Waals surface area (Å²) in [6, 6.07) is 0. The van der Waals surface area contributed by atoms with Crippen LogP contribution in [0.4, 0.5) is 0 Å². The Hall–Kier alpha value is -0.810. The fraction of sp³-hybridized carbons (Fsp3) is 0.600. The van der Waals surface area contributed by atoms with Crippen molar-refractivity contribution < 1.29 is 14.7 Å². The van der Waals surface area contributed by atoms with Gasteiger partial charge in [-0.3, -0.25) is 0 Å². The van der Waals surface area contributed by atoms with E-state index >= 15 is 0 Å². The first kappa shape index (κ1) is 10.2. The van der Waals surface area contributed by atoms with E-state index in [1.165, 1.54) is 0 Å². The van der Waals surface area contributed by atoms with Crippen molar-refractivity contribution in [2.24, 2.45) is 10.9 Å². The van der Waals surface area contributed by atoms with E-state index in [1.54, 1.807) is 0 Å². The quantitative estimate of drug-likeness (QED) is 0.606. The summed E-state index contributed by atoms with van der Waals surface area (Å²) in [5.74, 6) is -0.993. The van der Waals surface area contributed by atoms with Crippen LogP contribution in [0.25, 0.3) is 0 Å². The Morgan fingerprint density at radius 3 is 2.82 bits per heavy atom. The molecular formula is C5H9ClN2O3. The number of hydrogen-bond donors (Lipinski definition) is 2. The third-order valence-electron chi connectivity index (χ3n) is 1.24. The van der Waals surface area contributed by atoms with Crippen molar-refractivity contribution >= 4 is 24.1 Å². The minimum absolute atomic E-state index is 0. The molecule has 0 aromatic rings. The number of nitrogens with zero attached hydrogens (tertiary/aromatic N) is 1. The highest BCUT2D eigenvalue weighted by molar-refractivity contribution is 5.91. The molecule has 64 valence electrons. The molecule has 1 aliphatic heterocycles. The average Bonchev–Trinajstić information content (AvgIpc) is 2.34. The number of rotatable bonds is 2. The van der Waals surface area contributed by atoms with Crippen LogP contribution in [0.5, 0.6) is 0 Å². The van der Waals surface area contributed by atoms with Crippen molar-refractivity contribution in [2.75, 3.05) is 6.54 Å². The maximum absolute atomic E-state index is 10.2. The largest absolute Gasteiger partial charge is 0.478 e. The van der Waals surface area contributed by atoms with Gasteiger partial charge in [-0.05, 0) is 0 Å². The summed E-state index contributed by atoms with van der Waals surface area (Å²) in [4.78, 5) is 14.8. The van der Waals surface area contributed by atoms with Gasteiger partial charge in [-0.1, -0.05) is 5.16 Å². The molecule has 5 nitrogen and oxygen atoms in total. The normalized spacial score (nSPS) is 21.5. The molecule has 0 saturated carbocycles. The van der Waals surface area contributed by atoms with E-state index in [2.05, 4.69) is 9.99 Å². The number of carbonyl (C=O) groups is 1. The lowest BCUT2D eigenvalue weighted by atomic mass is 10.2. The average molecular weight is 181 g/mol. The van der Waals surface area contributed by atoms with Crippen LogP contribution in [0.3, 0.4) is 0 Å². The van der Waals surface area contributed by atoms with E-state index in [0.717, 1.165) is 0 Å². The summed E-state index contributed by atoms with van der Waals surface area (Å²) in [5.41, 5.74) is 5.80. The zero-order chi connectivity index (χ0) is 7.56. The molecule has 0 aliphatic carbocycles. The summed E-state index contributed by atoms with van der Waals surface area (Å²) in [6.07, 6.45) is -0.509. The van der Waals surface area contributed by atoms with Gasteiger partial charge in [0.05, 0.1) is 5.71 Å². The molecule has 6 heteroatoms. The summed E-state index contributed by atoms with van der Waals surface area (Å²) in [7, 11) is 0. The fourth-order valence-corrected chi connectivity index (χ4v) is 0.680. The Morgan fingerprint density at radius 2 is 2.55 bits per heavy atom. The third kappa shape index (κ3) is 2.36. The Bertz CT molecular complexity index is 183. The smallest absolute Gasteiger partial charge is 0.348 e. The van der Waals surface area contributed by atoms with Crippen molar-refractivity contribution in [3.05, 3.63) is 0 Å². The van der Waals surface area contributed by atoms with Gasteiger partial charge in [0.2, 0.25) is 6.10 Å². The van der Waals surface area contributed by atoms with Gasteiger partial charge in [0, 0.05) is 13.0 Å². The zero-order valence-corrected chi connectivity index (χ0v) is 6.50. The van der Waals surface area contributed by atoms with Gasteiger partial charge in [0.1, 0.15) is 0 Å². The van der Waals surface area contributed by atoms with E-state index in [4.69, 9.17) is 10.8 Å². The molecular weight excluding hydrogens is 172 g/mol. The second-order valence-electron chi connectivity index (χ2n) is 2.00. The molecule has 11 heavy (non-hydrogen) atoms. The van der Waals surface area contributed by atoms with Gasteiger partial charge in [0.15, 0.2) is 0 Å². The van der Waals surface area contributed by atoms with Crippen molar-refractivity contribution in [3.8, 4) is 0 Å². The highest BCUT2D eigenvalue weighted by Gasteiger charge is 2.26. The fourth-order valence-electron chi connectivity index (χ4n) is 0.680. The summed E-state index contributed by atoms with van der Waals surface area (Å²) < 4.78 is 0. The van der Waals surface area contributed by atoms with Gasteiger partial charge in [0.25, 0.3) is 0 Å². The molecule has 3 N–H and O–H groups in total. The van der Waals surface area contributed by atoms with Crippen LogP contribution in [-0.4, -0.2) is 29.4 Å². The van der Waals surface area contributed by atoms with E-state index in [0.29, 0.717) is 12.1 Å². The van der Waals surface area contributed by atoms with Gasteiger partial charge >= 0.3 is 5.97 Å². The molecule has 1 rings (SSSR count). The molecule has 0 amide bonds. The van der Waals surface area contributed by atoms with E-state index < -0.39 is 12.1 Å². The number of hydrogen-bond acceptors (Lipinski definition) is 4. The second-order valence-corrected chi connectivity index (χ2v) is 2.00. The minimum atomic E-state index is -0.993. The van der Waals surface area contributed by atoms with Crippen molar-refractivity contribution in [2.45, 2.75) is 12.5 Å². The number of aliphatic carboxylic acids is 1. The Labute approximate surface area is 69.6 Å². The summed E-state index contributed by atoms with van der Waals surface area (Å²) in [5, 5.41) is 11.9. The molecule has 0 saturated heterocycles. The van der Waals surface area contributed by atoms with E-state index in [-0.39, 0.29) is 19.0 Å². The lowest BCUT2D eigenvalue weighted by Crippen LogP contribution is -2.21. The highest BCUT2D eigenvalue weighted by atomic mass is 35.5. The van der Waals surface area contributed by atoms with Crippen LogP contribution in [-0.2, 0) is 9.63 Å². The first-order chi connectivity index (χ1) is 4.74. The van der Waals surface area contributed by atoms with E-state index in [1.807, 2.05) is 0 Å². The molecule has 0 radical (unpaired) electrons. The summed E-state index contributed by atoms with van der Waals surface area (Å²) in [6.45, 7) is 0.268. The van der Waals surface area contributed by atoms with E-state index in [9.17, 15) is 4.79 Å². The topological polar surface area (TPSA) is 84.9 Å². The predicted octanol–water partition coefficient (Wildman–Crippen LogP) is -0.404. The number of carboxylic acid groups (broad SMARTS) is 1. The van der Waals surface area contributed by atoms with Gasteiger partial charge in [-0.2, -0.15) is 0 Å². The predicted molar refractivity (Wildman–Crippen MR) is 40.9 cm³/mol. The monoisotopic (exact) mass is 180 g/mol. The van der Waals surface area contributed by atoms with Gasteiger partial charge < -0.3 is 15.7 Å². The molecule has 1 atom stereocenters. The summed E-state index contributed by atoms with van der Waals surface area (Å²) >= 11 is 0. The van der Waals surface area contributed by atoms with Crippen LogP contribution >= 0.6 is 12.4 Å². The highest BCUT2D eigenvalue weighted by Crippen LogP contribution is 2.08. The number of halogens is 1. The maximum Gasteiger partial charge on any atom is 0.348 e. The number of carboxylic acids is 1. The molecule has 0 aromatic heterocycles. The molecule has 0 fully saturated rings. The van der Waals surface area contributed by atoms with Crippen LogP contribution in [0, 0.1) is 0 Å². The molecule has 0 bridgehead atoms. The van der Waals surface area contributed by atoms with Crippen LogP contribution in [0.1, 0.15) is 6.42 Å².